The van der Waals surface area contributed by atoms with Gasteiger partial charge in [-0.1, -0.05) is 6.08 Å². The standard InChI is InChI=1S/C14H13I3O5/c1-7(13(19)20)2-3-9(18)6-22-14(21)10-4-8(15)5-11(16)12(10)17/h2,4-5,9,18H,3,6H2,1H3,(H,19,20). The summed E-state index contributed by atoms with van der Waals surface area (Å²) in [4.78, 5) is 22.7. The number of ether oxygens (including phenoxy) is 1. The minimum Gasteiger partial charge on any atom is -0.478 e. The number of aliphatic hydroxyl groups excluding tert-OH is 1. The number of carboxylic acids is 1. The van der Waals surface area contributed by atoms with Gasteiger partial charge in [0.05, 0.1) is 11.7 Å². The molecular weight excluding hydrogens is 629 g/mol. The van der Waals surface area contributed by atoms with Gasteiger partial charge < -0.3 is 14.9 Å². The van der Waals surface area contributed by atoms with E-state index in [1.54, 1.807) is 6.07 Å². The Balaban J connectivity index is 2.63. The molecule has 1 atom stereocenters. The van der Waals surface area contributed by atoms with E-state index in [-0.39, 0.29) is 18.6 Å². The molecule has 22 heavy (non-hydrogen) atoms. The number of halogens is 3. The first-order valence-corrected chi connectivity index (χ1v) is 9.35. The highest BCUT2D eigenvalue weighted by Crippen LogP contribution is 2.23. The second kappa shape index (κ2) is 9.37. The van der Waals surface area contributed by atoms with E-state index in [0.717, 1.165) is 10.7 Å². The number of esters is 1. The van der Waals surface area contributed by atoms with Crippen molar-refractivity contribution < 1.29 is 24.5 Å². The van der Waals surface area contributed by atoms with Crippen LogP contribution in [0.25, 0.3) is 0 Å². The summed E-state index contributed by atoms with van der Waals surface area (Å²) in [6, 6.07) is 3.68. The summed E-state index contributed by atoms with van der Waals surface area (Å²) in [7, 11) is 0. The van der Waals surface area contributed by atoms with E-state index in [9.17, 15) is 14.7 Å². The summed E-state index contributed by atoms with van der Waals surface area (Å²) >= 11 is 6.34. The number of hydrogen-bond donors (Lipinski definition) is 2. The van der Waals surface area contributed by atoms with Gasteiger partial charge in [-0.2, -0.15) is 0 Å². The van der Waals surface area contributed by atoms with Crippen LogP contribution in [0.5, 0.6) is 0 Å². The number of carbonyl (C=O) groups is 2. The summed E-state index contributed by atoms with van der Waals surface area (Å²) < 4.78 is 7.78. The van der Waals surface area contributed by atoms with E-state index < -0.39 is 18.0 Å². The SMILES string of the molecule is CC(=CCC(O)COC(=O)c1cc(I)cc(I)c1I)C(=O)O. The van der Waals surface area contributed by atoms with Crippen molar-refractivity contribution in [2.45, 2.75) is 19.4 Å². The minimum absolute atomic E-state index is 0.117. The third-order valence-electron chi connectivity index (χ3n) is 2.65. The first-order valence-electron chi connectivity index (χ1n) is 6.12. The Kier molecular flexibility index (Phi) is 8.56. The van der Waals surface area contributed by atoms with Crippen molar-refractivity contribution >= 4 is 79.7 Å². The lowest BCUT2D eigenvalue weighted by Gasteiger charge is -2.11. The third-order valence-corrected chi connectivity index (χ3v) is 6.32. The molecule has 0 saturated carbocycles. The van der Waals surface area contributed by atoms with E-state index >= 15 is 0 Å². The fourth-order valence-electron chi connectivity index (χ4n) is 1.42. The Labute approximate surface area is 168 Å². The van der Waals surface area contributed by atoms with Crippen molar-refractivity contribution in [3.8, 4) is 0 Å². The first-order chi connectivity index (χ1) is 10.2. The van der Waals surface area contributed by atoms with Crippen LogP contribution in [-0.4, -0.2) is 34.9 Å². The number of aliphatic hydroxyl groups is 1. The van der Waals surface area contributed by atoms with Crippen LogP contribution >= 0.6 is 67.8 Å². The fraction of sp³-hybridized carbons (Fsp3) is 0.286. The van der Waals surface area contributed by atoms with Crippen LogP contribution in [0.4, 0.5) is 0 Å². The lowest BCUT2D eigenvalue weighted by molar-refractivity contribution is -0.132. The molecule has 8 heteroatoms. The van der Waals surface area contributed by atoms with Gasteiger partial charge in [0.1, 0.15) is 6.61 Å². The van der Waals surface area contributed by atoms with E-state index in [1.165, 1.54) is 13.0 Å². The van der Waals surface area contributed by atoms with Crippen LogP contribution < -0.4 is 0 Å². The molecule has 0 aliphatic rings. The number of rotatable bonds is 6. The molecule has 2 N–H and O–H groups in total. The van der Waals surface area contributed by atoms with Gasteiger partial charge in [-0.15, -0.1) is 0 Å². The van der Waals surface area contributed by atoms with Crippen LogP contribution in [-0.2, 0) is 9.53 Å². The van der Waals surface area contributed by atoms with Gasteiger partial charge in [-0.3, -0.25) is 0 Å². The second-order valence-electron chi connectivity index (χ2n) is 4.43. The average molecular weight is 642 g/mol. The molecule has 0 bridgehead atoms. The molecule has 120 valence electrons. The molecule has 0 fully saturated rings. The molecule has 1 rings (SSSR count). The molecule has 1 aromatic carbocycles. The largest absolute Gasteiger partial charge is 0.478 e. The molecule has 1 aromatic rings. The zero-order valence-electron chi connectivity index (χ0n) is 11.5. The molecule has 1 unspecified atom stereocenters. The van der Waals surface area contributed by atoms with Gasteiger partial charge in [0, 0.05) is 16.3 Å². The van der Waals surface area contributed by atoms with Gasteiger partial charge >= 0.3 is 11.9 Å². The molecule has 0 amide bonds. The molecule has 0 aliphatic heterocycles. The number of hydrogen-bond acceptors (Lipinski definition) is 4. The van der Waals surface area contributed by atoms with Gasteiger partial charge in [-0.05, 0) is 93.2 Å². The lowest BCUT2D eigenvalue weighted by Crippen LogP contribution is -2.19. The predicted molar refractivity (Wildman–Crippen MR) is 107 cm³/mol. The van der Waals surface area contributed by atoms with Gasteiger partial charge in [0.2, 0.25) is 0 Å². The van der Waals surface area contributed by atoms with Crippen molar-refractivity contribution in [3.05, 3.63) is 40.1 Å². The molecule has 0 aliphatic carbocycles. The molecule has 0 saturated heterocycles. The fourth-order valence-corrected chi connectivity index (χ4v) is 3.80. The topological polar surface area (TPSA) is 83.8 Å². The predicted octanol–water partition coefficient (Wildman–Crippen LogP) is 3.44. The Morgan fingerprint density at radius 2 is 1.95 bits per heavy atom. The summed E-state index contributed by atoms with van der Waals surface area (Å²) in [6.45, 7) is 1.26. The normalized spacial score (nSPS) is 12.9. The quantitative estimate of drug-likeness (QED) is 0.215. The molecule has 0 heterocycles. The number of carbonyl (C=O) groups excluding carboxylic acids is 1. The zero-order chi connectivity index (χ0) is 16.9. The number of benzene rings is 1. The summed E-state index contributed by atoms with van der Waals surface area (Å²) in [5.74, 6) is -1.54. The van der Waals surface area contributed by atoms with Crippen LogP contribution in [0.3, 0.4) is 0 Å². The van der Waals surface area contributed by atoms with Crippen LogP contribution in [0.1, 0.15) is 23.7 Å². The second-order valence-corrected chi connectivity index (χ2v) is 7.92. The monoisotopic (exact) mass is 642 g/mol. The van der Waals surface area contributed by atoms with Crippen molar-refractivity contribution in [2.75, 3.05) is 6.61 Å². The van der Waals surface area contributed by atoms with Crippen LogP contribution in [0.15, 0.2) is 23.8 Å². The van der Waals surface area contributed by atoms with Gasteiger partial charge in [0.25, 0.3) is 0 Å². The van der Waals surface area contributed by atoms with Gasteiger partial charge in [0.15, 0.2) is 0 Å². The van der Waals surface area contributed by atoms with Crippen LogP contribution in [0.2, 0.25) is 0 Å². The summed E-state index contributed by atoms with van der Waals surface area (Å²) in [5.41, 5.74) is 0.605. The highest BCUT2D eigenvalue weighted by molar-refractivity contribution is 14.1. The smallest absolute Gasteiger partial charge is 0.339 e. The molecular formula is C14H13I3O5. The van der Waals surface area contributed by atoms with E-state index in [2.05, 4.69) is 67.8 Å². The Morgan fingerprint density at radius 1 is 1.32 bits per heavy atom. The highest BCUT2D eigenvalue weighted by Gasteiger charge is 2.16. The number of carboxylic acid groups (broad SMARTS) is 1. The molecule has 0 radical (unpaired) electrons. The maximum Gasteiger partial charge on any atom is 0.339 e. The lowest BCUT2D eigenvalue weighted by atomic mass is 10.2. The zero-order valence-corrected chi connectivity index (χ0v) is 17.9. The Morgan fingerprint density at radius 3 is 2.55 bits per heavy atom. The third kappa shape index (κ3) is 6.28. The molecule has 0 aromatic heterocycles. The van der Waals surface area contributed by atoms with Crippen molar-refractivity contribution in [1.82, 2.24) is 0 Å². The number of aliphatic carboxylic acids is 1. The minimum atomic E-state index is -1.04. The summed E-state index contributed by atoms with van der Waals surface area (Å²) in [6.07, 6.45) is 0.587. The average Bonchev–Trinajstić information content (AvgIpc) is 2.45. The van der Waals surface area contributed by atoms with Crippen molar-refractivity contribution in [2.24, 2.45) is 0 Å². The first kappa shape index (κ1) is 20.1. The van der Waals surface area contributed by atoms with E-state index in [0.29, 0.717) is 5.56 Å². The summed E-state index contributed by atoms with van der Waals surface area (Å²) in [5, 5.41) is 18.4. The Bertz CT molecular complexity index is 613. The van der Waals surface area contributed by atoms with E-state index in [4.69, 9.17) is 9.84 Å². The maximum absolute atomic E-state index is 12.1. The molecule has 5 nitrogen and oxygen atoms in total. The van der Waals surface area contributed by atoms with Gasteiger partial charge in [-0.25, -0.2) is 9.59 Å². The van der Waals surface area contributed by atoms with Crippen molar-refractivity contribution in [3.63, 3.8) is 0 Å². The van der Waals surface area contributed by atoms with Crippen LogP contribution in [0, 0.1) is 10.7 Å². The van der Waals surface area contributed by atoms with Crippen molar-refractivity contribution in [1.29, 1.82) is 0 Å². The Hall–Kier alpha value is 0.0500. The highest BCUT2D eigenvalue weighted by atomic mass is 127. The maximum atomic E-state index is 12.1. The molecule has 0 spiro atoms. The van der Waals surface area contributed by atoms with E-state index in [1.807, 2.05) is 6.07 Å².